The Kier molecular flexibility index (Phi) is 18.7. The van der Waals surface area contributed by atoms with Crippen molar-refractivity contribution in [3.05, 3.63) is 10.3 Å². The minimum absolute atomic E-state index is 0. The van der Waals surface area contributed by atoms with Crippen molar-refractivity contribution in [1.82, 2.24) is 4.90 Å². The Morgan fingerprint density at radius 1 is 0.731 bits per heavy atom. The van der Waals surface area contributed by atoms with E-state index >= 15 is 0 Å². The molecular formula is C21H49CoN3Si+. The second kappa shape index (κ2) is 15.5. The maximum atomic E-state index is 5.06. The minimum atomic E-state index is -1.20. The van der Waals surface area contributed by atoms with Gasteiger partial charge in [-0.1, -0.05) is 109 Å². The summed E-state index contributed by atoms with van der Waals surface area (Å²) in [5, 5.41) is 4.54. The second-order valence-electron chi connectivity index (χ2n) is 9.00. The van der Waals surface area contributed by atoms with Crippen molar-refractivity contribution in [3.63, 3.8) is 0 Å². The fraction of sp³-hybridized carbons (Fsp3) is 1.00. The van der Waals surface area contributed by atoms with Crippen LogP contribution in [0.5, 0.6) is 0 Å². The minimum Gasteiger partial charge on any atom is -0.664 e. The third-order valence-corrected chi connectivity index (χ3v) is 9.46. The van der Waals surface area contributed by atoms with E-state index in [2.05, 4.69) is 86.4 Å². The van der Waals surface area contributed by atoms with E-state index in [1.54, 1.807) is 0 Å². The molecule has 0 aromatic rings. The van der Waals surface area contributed by atoms with Gasteiger partial charge in [-0.2, -0.15) is 0 Å². The number of nitrogens with zero attached hydrogens (tertiary/aromatic N) is 3. The molecule has 0 saturated carbocycles. The first-order chi connectivity index (χ1) is 11.4. The van der Waals surface area contributed by atoms with Gasteiger partial charge in [0.15, 0.2) is 0 Å². The van der Waals surface area contributed by atoms with Crippen LogP contribution in [0.15, 0.2) is 0 Å². The van der Waals surface area contributed by atoms with Gasteiger partial charge in [-0.05, 0) is 19.6 Å². The van der Waals surface area contributed by atoms with Crippen LogP contribution >= 0.6 is 0 Å². The maximum absolute atomic E-state index is 5.06. The third-order valence-electron chi connectivity index (χ3n) is 4.62. The fourth-order valence-electron chi connectivity index (χ4n) is 3.24. The summed E-state index contributed by atoms with van der Waals surface area (Å²) in [4.78, 5) is 7.55. The van der Waals surface area contributed by atoms with Gasteiger partial charge in [-0.15, -0.1) is 17.6 Å². The monoisotopic (exact) mass is 430 g/mol. The molecule has 0 unspecified atom stereocenters. The van der Waals surface area contributed by atoms with E-state index in [4.69, 9.17) is 4.98 Å². The van der Waals surface area contributed by atoms with Crippen LogP contribution < -0.4 is 0 Å². The Balaban J connectivity index is -0.000000453. The van der Waals surface area contributed by atoms with E-state index in [0.29, 0.717) is 0 Å². The first-order valence-corrected chi connectivity index (χ1v) is 13.1. The van der Waals surface area contributed by atoms with Gasteiger partial charge in [0.2, 0.25) is 0 Å². The Bertz CT molecular complexity index is 283. The van der Waals surface area contributed by atoms with Crippen molar-refractivity contribution in [2.24, 2.45) is 0 Å². The average molecular weight is 431 g/mol. The van der Waals surface area contributed by atoms with Gasteiger partial charge in [0.25, 0.3) is 0 Å². The normalized spacial score (nSPS) is 12.5. The molecule has 0 radical (unpaired) electrons. The molecule has 160 valence electrons. The van der Waals surface area contributed by atoms with E-state index in [1.807, 2.05) is 0 Å². The molecule has 0 rings (SSSR count). The second-order valence-corrected chi connectivity index (χ2v) is 13.9. The topological polar surface area (TPSA) is 31.4 Å². The number of rotatable bonds is 10. The molecular weight excluding hydrogens is 381 g/mol. The summed E-state index contributed by atoms with van der Waals surface area (Å²) in [7, 11) is -1.20. The molecule has 0 fully saturated rings. The smallest absolute Gasteiger partial charge is 0.664 e. The standard InChI is InChI=1S/C13H31N2Si.C8H18N.Co/c1-6-15(7-2)13-11-12-14-16(8-3,9-4)10-5;1-7(2,3)9-8(4,5)6;/h6-13H2,1-5H3;1-6H3;/q2*-1;+3. The molecule has 3 nitrogen and oxygen atoms in total. The molecule has 0 N–H and O–H groups in total. The van der Waals surface area contributed by atoms with Crippen LogP contribution in [0.2, 0.25) is 18.1 Å². The zero-order valence-corrected chi connectivity index (χ0v) is 21.9. The summed E-state index contributed by atoms with van der Waals surface area (Å²) < 4.78 is 0. The Morgan fingerprint density at radius 2 is 1.12 bits per heavy atom. The molecule has 0 atom stereocenters. The van der Waals surface area contributed by atoms with Gasteiger partial charge < -0.3 is 15.2 Å². The SMILES string of the molecule is CC(C)(C)[N-]C(C)(C)C.CCN(CC)CCC[N-][Si](CC)(CC)CC.[Co+3]. The van der Waals surface area contributed by atoms with Crippen LogP contribution in [-0.2, 0) is 16.8 Å². The van der Waals surface area contributed by atoms with Crippen molar-refractivity contribution in [1.29, 1.82) is 0 Å². The summed E-state index contributed by atoms with van der Waals surface area (Å²) in [5.74, 6) is 0. The quantitative estimate of drug-likeness (QED) is 0.270. The molecule has 26 heavy (non-hydrogen) atoms. The van der Waals surface area contributed by atoms with Crippen LogP contribution in [0.3, 0.4) is 0 Å². The molecule has 0 heterocycles. The molecule has 5 heteroatoms. The largest absolute Gasteiger partial charge is 3.00 e. The van der Waals surface area contributed by atoms with E-state index in [1.165, 1.54) is 44.2 Å². The zero-order chi connectivity index (χ0) is 20.1. The Morgan fingerprint density at radius 3 is 1.35 bits per heavy atom. The fourth-order valence-corrected chi connectivity index (χ4v) is 6.05. The maximum Gasteiger partial charge on any atom is 3.00 e. The van der Waals surface area contributed by atoms with Crippen molar-refractivity contribution < 1.29 is 16.8 Å². The summed E-state index contributed by atoms with van der Waals surface area (Å²) in [6, 6.07) is 3.97. The Labute approximate surface area is 178 Å². The predicted octanol–water partition coefficient (Wildman–Crippen LogP) is 7.05. The Hall–Kier alpha value is 0.603. The van der Waals surface area contributed by atoms with E-state index in [9.17, 15) is 0 Å². The van der Waals surface area contributed by atoms with Gasteiger partial charge in [0.1, 0.15) is 0 Å². The molecule has 0 aliphatic heterocycles. The molecule has 0 aliphatic rings. The van der Waals surface area contributed by atoms with Crippen molar-refractivity contribution in [3.8, 4) is 0 Å². The van der Waals surface area contributed by atoms with Crippen molar-refractivity contribution in [2.45, 2.75) is 112 Å². The summed E-state index contributed by atoms with van der Waals surface area (Å²) in [6.07, 6.45) is 1.25. The van der Waals surface area contributed by atoms with Gasteiger partial charge in [-0.25, -0.2) is 0 Å². The van der Waals surface area contributed by atoms with Crippen LogP contribution in [0.4, 0.5) is 0 Å². The molecule has 0 aromatic carbocycles. The summed E-state index contributed by atoms with van der Waals surface area (Å²) in [6.45, 7) is 28.9. The van der Waals surface area contributed by atoms with Gasteiger partial charge in [0.05, 0.1) is 0 Å². The number of hydrogen-bond acceptors (Lipinski definition) is 1. The third kappa shape index (κ3) is 18.0. The molecule has 0 bridgehead atoms. The first-order valence-electron chi connectivity index (χ1n) is 10.5. The average Bonchev–Trinajstić information content (AvgIpc) is 2.49. The van der Waals surface area contributed by atoms with E-state index in [-0.39, 0.29) is 27.9 Å². The van der Waals surface area contributed by atoms with Gasteiger partial charge >= 0.3 is 16.8 Å². The van der Waals surface area contributed by atoms with Crippen molar-refractivity contribution >= 4 is 8.24 Å². The molecule has 0 aromatic heterocycles. The summed E-state index contributed by atoms with van der Waals surface area (Å²) in [5.41, 5.74) is 0.219. The van der Waals surface area contributed by atoms with Crippen LogP contribution in [0.1, 0.15) is 82.6 Å². The molecule has 0 saturated heterocycles. The molecule has 0 amide bonds. The van der Waals surface area contributed by atoms with Crippen molar-refractivity contribution in [2.75, 3.05) is 26.2 Å². The first kappa shape index (κ1) is 31.3. The van der Waals surface area contributed by atoms with Crippen LogP contribution in [-0.4, -0.2) is 50.4 Å². The zero-order valence-electron chi connectivity index (χ0n) is 19.8. The van der Waals surface area contributed by atoms with E-state index < -0.39 is 8.24 Å². The number of hydrogen-bond donors (Lipinski definition) is 0. The predicted molar refractivity (Wildman–Crippen MR) is 121 cm³/mol. The summed E-state index contributed by atoms with van der Waals surface area (Å²) >= 11 is 0. The van der Waals surface area contributed by atoms with Gasteiger partial charge in [0, 0.05) is 0 Å². The van der Waals surface area contributed by atoms with Crippen LogP contribution in [0.25, 0.3) is 10.3 Å². The van der Waals surface area contributed by atoms with Gasteiger partial charge in [-0.3, -0.25) is 0 Å². The van der Waals surface area contributed by atoms with Crippen LogP contribution in [0, 0.1) is 0 Å². The van der Waals surface area contributed by atoms with E-state index in [0.717, 1.165) is 6.54 Å². The molecule has 0 spiro atoms. The molecule has 0 aliphatic carbocycles.